The van der Waals surface area contributed by atoms with E-state index in [4.69, 9.17) is 4.74 Å². The summed E-state index contributed by atoms with van der Waals surface area (Å²) in [5.41, 5.74) is 4.20. The zero-order valence-electron chi connectivity index (χ0n) is 11.6. The maximum atomic E-state index is 12.1. The molecule has 1 heterocycles. The Hall–Kier alpha value is -1.99. The number of hydrogen-bond acceptors (Lipinski definition) is 2. The molecule has 0 aliphatic carbocycles. The minimum Gasteiger partial charge on any atom is -0.495 e. The van der Waals surface area contributed by atoms with Crippen molar-refractivity contribution in [3.63, 3.8) is 0 Å². The van der Waals surface area contributed by atoms with E-state index in [1.165, 1.54) is 0 Å². The molecule has 0 unspecified atom stereocenters. The van der Waals surface area contributed by atoms with Crippen molar-refractivity contribution in [3.05, 3.63) is 40.2 Å². The zero-order valence-corrected chi connectivity index (χ0v) is 12.6. The normalized spacial score (nSPS) is 10.9. The quantitative estimate of drug-likeness (QED) is 0.640. The molecule has 0 saturated carbocycles. The largest absolute Gasteiger partial charge is 0.495 e. The minimum atomic E-state index is -1.54. The van der Waals surface area contributed by atoms with Gasteiger partial charge in [-0.05, 0) is 12.1 Å². The van der Waals surface area contributed by atoms with Crippen molar-refractivity contribution >= 4 is 19.0 Å². The first-order chi connectivity index (χ1) is 8.92. The van der Waals surface area contributed by atoms with Gasteiger partial charge in [0.25, 0.3) is 5.56 Å². The summed E-state index contributed by atoms with van der Waals surface area (Å²) in [7, 11) is 0.0348. The number of rotatable bonds is 1. The first-order valence-electron chi connectivity index (χ1n) is 6.14. The molecule has 2 aromatic rings. The monoisotopic (exact) mass is 271 g/mol. The van der Waals surface area contributed by atoms with Gasteiger partial charge in [0.1, 0.15) is 19.4 Å². The number of aromatic nitrogens is 1. The highest BCUT2D eigenvalue weighted by atomic mass is 28.3. The molecular weight excluding hydrogens is 254 g/mol. The highest BCUT2D eigenvalue weighted by Crippen LogP contribution is 2.25. The van der Waals surface area contributed by atoms with Gasteiger partial charge in [-0.1, -0.05) is 37.7 Å². The van der Waals surface area contributed by atoms with Gasteiger partial charge < -0.3 is 9.72 Å². The average Bonchev–Trinajstić information content (AvgIpc) is 2.34. The number of hydrogen-bond donors (Lipinski definition) is 1. The molecule has 0 aliphatic rings. The highest BCUT2D eigenvalue weighted by molar-refractivity contribution is 6.83. The molecule has 1 aromatic carbocycles. The predicted molar refractivity (Wildman–Crippen MR) is 81.3 cm³/mol. The van der Waals surface area contributed by atoms with E-state index in [1.807, 2.05) is 24.3 Å². The van der Waals surface area contributed by atoms with Gasteiger partial charge in [-0.15, -0.1) is 5.54 Å². The average molecular weight is 271 g/mol. The van der Waals surface area contributed by atoms with E-state index in [-0.39, 0.29) is 5.56 Å². The molecule has 4 heteroatoms. The second-order valence-electron chi connectivity index (χ2n) is 5.41. The van der Waals surface area contributed by atoms with Gasteiger partial charge in [0.15, 0.2) is 0 Å². The van der Waals surface area contributed by atoms with E-state index < -0.39 is 8.07 Å². The fraction of sp³-hybridized carbons (Fsp3) is 0.267. The van der Waals surface area contributed by atoms with E-state index in [2.05, 4.69) is 36.1 Å². The van der Waals surface area contributed by atoms with E-state index in [0.29, 0.717) is 11.3 Å². The Bertz CT molecular complexity index is 730. The van der Waals surface area contributed by atoms with Crippen LogP contribution in [0.15, 0.2) is 29.1 Å². The Balaban J connectivity index is 2.76. The van der Waals surface area contributed by atoms with Crippen LogP contribution in [0.3, 0.4) is 0 Å². The summed E-state index contributed by atoms with van der Waals surface area (Å²) in [5, 5.41) is 0.879. The fourth-order valence-corrected chi connectivity index (χ4v) is 2.29. The van der Waals surface area contributed by atoms with Crippen LogP contribution in [0.1, 0.15) is 5.56 Å². The van der Waals surface area contributed by atoms with Gasteiger partial charge in [0.2, 0.25) is 0 Å². The number of H-pyrrole nitrogens is 1. The van der Waals surface area contributed by atoms with Gasteiger partial charge >= 0.3 is 0 Å². The molecule has 98 valence electrons. The van der Waals surface area contributed by atoms with Crippen molar-refractivity contribution in [1.29, 1.82) is 0 Å². The maximum absolute atomic E-state index is 12.1. The Morgan fingerprint density at radius 3 is 2.53 bits per heavy atom. The molecule has 0 aliphatic heterocycles. The van der Waals surface area contributed by atoms with Crippen LogP contribution in [0.5, 0.6) is 5.75 Å². The second kappa shape index (κ2) is 4.94. The summed E-state index contributed by atoms with van der Waals surface area (Å²) in [6.45, 7) is 6.42. The van der Waals surface area contributed by atoms with Crippen LogP contribution in [0.25, 0.3) is 10.9 Å². The van der Waals surface area contributed by atoms with Gasteiger partial charge in [-0.2, -0.15) is 0 Å². The lowest BCUT2D eigenvalue weighted by atomic mass is 10.1. The number of methoxy groups -OCH3 is 1. The molecule has 0 spiro atoms. The number of aromatic amines is 1. The lowest BCUT2D eigenvalue weighted by Crippen LogP contribution is -2.18. The van der Waals surface area contributed by atoms with Crippen molar-refractivity contribution in [2.75, 3.05) is 7.11 Å². The molecular formula is C15H17NO2Si. The zero-order chi connectivity index (χ0) is 14.0. The van der Waals surface area contributed by atoms with E-state index in [0.717, 1.165) is 10.9 Å². The maximum Gasteiger partial charge on any atom is 0.267 e. The minimum absolute atomic E-state index is 0.193. The number of benzene rings is 1. The molecule has 0 fully saturated rings. The van der Waals surface area contributed by atoms with Crippen LogP contribution >= 0.6 is 0 Å². The Morgan fingerprint density at radius 2 is 1.89 bits per heavy atom. The van der Waals surface area contributed by atoms with Gasteiger partial charge in [-0.3, -0.25) is 4.79 Å². The van der Waals surface area contributed by atoms with Crippen molar-refractivity contribution in [1.82, 2.24) is 4.98 Å². The van der Waals surface area contributed by atoms with Crippen LogP contribution in [-0.2, 0) is 0 Å². The smallest absolute Gasteiger partial charge is 0.267 e. The fourth-order valence-electron chi connectivity index (χ4n) is 1.79. The van der Waals surface area contributed by atoms with Gasteiger partial charge in [0.05, 0.1) is 12.6 Å². The van der Waals surface area contributed by atoms with E-state index in [1.54, 1.807) is 7.11 Å². The molecule has 3 nitrogen and oxygen atoms in total. The summed E-state index contributed by atoms with van der Waals surface area (Å²) in [6.07, 6.45) is 0. The number of ether oxygens (including phenoxy) is 1. The Morgan fingerprint density at radius 1 is 1.21 bits per heavy atom. The predicted octanol–water partition coefficient (Wildman–Crippen LogP) is 2.77. The molecule has 0 amide bonds. The molecule has 0 bridgehead atoms. The summed E-state index contributed by atoms with van der Waals surface area (Å²) in [6, 6.07) is 7.57. The van der Waals surface area contributed by atoms with Gasteiger partial charge in [0, 0.05) is 5.39 Å². The summed E-state index contributed by atoms with van der Waals surface area (Å²) in [5.74, 6) is 3.57. The van der Waals surface area contributed by atoms with Crippen LogP contribution in [0, 0.1) is 11.5 Å². The van der Waals surface area contributed by atoms with Crippen LogP contribution in [0.4, 0.5) is 0 Å². The summed E-state index contributed by atoms with van der Waals surface area (Å²) < 4.78 is 5.40. The Kier molecular flexibility index (Phi) is 3.50. The number of pyridine rings is 1. The molecule has 0 saturated heterocycles. The number of fused-ring (bicyclic) bond motifs is 1. The summed E-state index contributed by atoms with van der Waals surface area (Å²) in [4.78, 5) is 15.0. The lowest BCUT2D eigenvalue weighted by molar-refractivity contribution is 0.418. The van der Waals surface area contributed by atoms with Crippen LogP contribution < -0.4 is 10.3 Å². The van der Waals surface area contributed by atoms with Crippen molar-refractivity contribution in [2.24, 2.45) is 0 Å². The first kappa shape index (κ1) is 13.4. The third kappa shape index (κ3) is 2.88. The first-order valence-corrected chi connectivity index (χ1v) is 9.64. The van der Waals surface area contributed by atoms with Crippen molar-refractivity contribution in [3.8, 4) is 17.2 Å². The molecule has 1 N–H and O–H groups in total. The standard InChI is InChI=1S/C15H17NO2Si/c1-18-14-11-7-5-6-8-13(11)16-15(17)12(14)9-10-19(2,3)4/h5-8H,1-4H3,(H,16,17). The Labute approximate surface area is 113 Å². The van der Waals surface area contributed by atoms with Crippen LogP contribution in [-0.4, -0.2) is 20.2 Å². The second-order valence-corrected chi connectivity index (χ2v) is 10.2. The topological polar surface area (TPSA) is 42.1 Å². The third-order valence-electron chi connectivity index (χ3n) is 2.64. The van der Waals surface area contributed by atoms with Crippen molar-refractivity contribution in [2.45, 2.75) is 19.6 Å². The molecule has 0 radical (unpaired) electrons. The lowest BCUT2D eigenvalue weighted by Gasteiger charge is -2.08. The van der Waals surface area contributed by atoms with Crippen molar-refractivity contribution < 1.29 is 4.74 Å². The molecule has 0 atom stereocenters. The number of nitrogens with one attached hydrogen (secondary N) is 1. The number of para-hydroxylation sites is 1. The third-order valence-corrected chi connectivity index (χ3v) is 3.52. The SMILES string of the molecule is COc1c(C#C[Si](C)(C)C)c(=O)[nH]c2ccccc12. The molecule has 1 aromatic heterocycles. The van der Waals surface area contributed by atoms with Gasteiger partial charge in [-0.25, -0.2) is 0 Å². The molecule has 19 heavy (non-hydrogen) atoms. The summed E-state index contributed by atoms with van der Waals surface area (Å²) >= 11 is 0. The van der Waals surface area contributed by atoms with E-state index in [9.17, 15) is 4.79 Å². The van der Waals surface area contributed by atoms with Crippen LogP contribution in [0.2, 0.25) is 19.6 Å². The molecule has 2 rings (SSSR count). The highest BCUT2D eigenvalue weighted by Gasteiger charge is 2.13. The van der Waals surface area contributed by atoms with E-state index >= 15 is 0 Å².